The third-order valence-corrected chi connectivity index (χ3v) is 6.10. The minimum absolute atomic E-state index is 0.0871. The number of hydrogen-bond acceptors (Lipinski definition) is 2. The molecule has 2 aliphatic carbocycles. The molecular formula is C16H24N2O2. The molecule has 1 heterocycles. The number of furan rings is 1. The molecule has 0 saturated heterocycles. The maximum absolute atomic E-state index is 12.1. The van der Waals surface area contributed by atoms with E-state index in [4.69, 9.17) is 4.42 Å². The van der Waals surface area contributed by atoms with Gasteiger partial charge >= 0.3 is 6.03 Å². The number of fused-ring (bicyclic) bond motifs is 2. The van der Waals surface area contributed by atoms with Crippen LogP contribution in [0.1, 0.15) is 45.8 Å². The largest absolute Gasteiger partial charge is 0.467 e. The highest BCUT2D eigenvalue weighted by molar-refractivity contribution is 5.74. The first-order valence-corrected chi connectivity index (χ1v) is 7.50. The lowest BCUT2D eigenvalue weighted by Crippen LogP contribution is -2.49. The van der Waals surface area contributed by atoms with Crippen LogP contribution in [0.5, 0.6) is 0 Å². The molecule has 4 heteroatoms. The molecule has 20 heavy (non-hydrogen) atoms. The molecule has 3 atom stereocenters. The lowest BCUT2D eigenvalue weighted by atomic mass is 9.69. The molecule has 0 radical (unpaired) electrons. The predicted molar refractivity (Wildman–Crippen MR) is 77.1 cm³/mol. The van der Waals surface area contributed by atoms with Gasteiger partial charge in [0.1, 0.15) is 5.76 Å². The molecule has 2 fully saturated rings. The molecule has 2 N–H and O–H groups in total. The van der Waals surface area contributed by atoms with E-state index in [-0.39, 0.29) is 17.5 Å². The fourth-order valence-corrected chi connectivity index (χ4v) is 4.21. The van der Waals surface area contributed by atoms with Crippen LogP contribution in [0.2, 0.25) is 0 Å². The Kier molecular flexibility index (Phi) is 3.07. The summed E-state index contributed by atoms with van der Waals surface area (Å²) in [5.41, 5.74) is 0.547. The van der Waals surface area contributed by atoms with Gasteiger partial charge in [-0.2, -0.15) is 0 Å². The van der Waals surface area contributed by atoms with Gasteiger partial charge in [0.05, 0.1) is 12.8 Å². The molecule has 1 aromatic heterocycles. The second-order valence-corrected chi connectivity index (χ2v) is 7.07. The van der Waals surface area contributed by atoms with E-state index in [1.807, 2.05) is 12.1 Å². The molecule has 2 bridgehead atoms. The molecule has 1 aromatic rings. The summed E-state index contributed by atoms with van der Waals surface area (Å²) in [7, 11) is 0. The van der Waals surface area contributed by atoms with Gasteiger partial charge in [0, 0.05) is 6.04 Å². The van der Waals surface area contributed by atoms with Gasteiger partial charge in [-0.15, -0.1) is 0 Å². The number of carbonyl (C=O) groups is 1. The van der Waals surface area contributed by atoms with Crippen LogP contribution < -0.4 is 10.6 Å². The van der Waals surface area contributed by atoms with Crippen molar-refractivity contribution < 1.29 is 9.21 Å². The smallest absolute Gasteiger partial charge is 0.315 e. The number of hydrogen-bond donors (Lipinski definition) is 2. The zero-order chi connectivity index (χ0) is 14.4. The summed E-state index contributed by atoms with van der Waals surface area (Å²) in [5, 5.41) is 6.05. The zero-order valence-electron chi connectivity index (χ0n) is 12.5. The van der Waals surface area contributed by atoms with Crippen LogP contribution >= 0.6 is 0 Å². The van der Waals surface area contributed by atoms with Gasteiger partial charge in [0.15, 0.2) is 0 Å². The summed E-state index contributed by atoms with van der Waals surface area (Å²) in [6.45, 7) is 7.48. The van der Waals surface area contributed by atoms with E-state index in [9.17, 15) is 4.79 Å². The highest BCUT2D eigenvalue weighted by Crippen LogP contribution is 2.65. The van der Waals surface area contributed by atoms with Crippen molar-refractivity contribution in [1.29, 1.82) is 0 Å². The van der Waals surface area contributed by atoms with Crippen LogP contribution in [0.3, 0.4) is 0 Å². The first-order valence-electron chi connectivity index (χ1n) is 7.50. The minimum Gasteiger partial charge on any atom is -0.467 e. The fourth-order valence-electron chi connectivity index (χ4n) is 4.21. The van der Waals surface area contributed by atoms with Gasteiger partial charge in [-0.3, -0.25) is 0 Å². The Morgan fingerprint density at radius 1 is 1.45 bits per heavy atom. The van der Waals surface area contributed by atoms with Crippen molar-refractivity contribution in [2.45, 2.75) is 52.6 Å². The van der Waals surface area contributed by atoms with Crippen molar-refractivity contribution in [2.75, 3.05) is 0 Å². The first-order chi connectivity index (χ1) is 9.43. The SMILES string of the molecule is CC1(C)[C@H]2CC[C@@]1(C)[C@@H](NC(=O)NCc1ccco1)C2. The van der Waals surface area contributed by atoms with Crippen molar-refractivity contribution in [3.05, 3.63) is 24.2 Å². The number of rotatable bonds is 3. The van der Waals surface area contributed by atoms with Gasteiger partial charge in [-0.05, 0) is 48.1 Å². The Morgan fingerprint density at radius 2 is 2.25 bits per heavy atom. The average molecular weight is 276 g/mol. The summed E-state index contributed by atoms with van der Waals surface area (Å²) in [5.74, 6) is 1.52. The van der Waals surface area contributed by atoms with Crippen LogP contribution in [0.4, 0.5) is 4.79 Å². The van der Waals surface area contributed by atoms with Crippen molar-refractivity contribution in [3.63, 3.8) is 0 Å². The number of urea groups is 1. The number of nitrogens with one attached hydrogen (secondary N) is 2. The van der Waals surface area contributed by atoms with Gasteiger partial charge in [0.2, 0.25) is 0 Å². The summed E-state index contributed by atoms with van der Waals surface area (Å²) in [6.07, 6.45) is 5.25. The van der Waals surface area contributed by atoms with E-state index < -0.39 is 0 Å². The monoisotopic (exact) mass is 276 g/mol. The minimum atomic E-state index is -0.0871. The molecular weight excluding hydrogens is 252 g/mol. The topological polar surface area (TPSA) is 54.3 Å². The third-order valence-electron chi connectivity index (χ3n) is 6.10. The molecule has 0 unspecified atom stereocenters. The van der Waals surface area contributed by atoms with Crippen molar-refractivity contribution in [2.24, 2.45) is 16.7 Å². The van der Waals surface area contributed by atoms with Gasteiger partial charge in [0.25, 0.3) is 0 Å². The van der Waals surface area contributed by atoms with Crippen LogP contribution in [-0.2, 0) is 6.54 Å². The van der Waals surface area contributed by atoms with Crippen LogP contribution in [0.25, 0.3) is 0 Å². The Balaban J connectivity index is 1.58. The van der Waals surface area contributed by atoms with E-state index in [1.165, 1.54) is 12.8 Å². The predicted octanol–water partition coefficient (Wildman–Crippen LogP) is 3.29. The van der Waals surface area contributed by atoms with E-state index in [1.54, 1.807) is 6.26 Å². The molecule has 2 saturated carbocycles. The standard InChI is InChI=1S/C16H24N2O2/c1-15(2)11-6-7-16(15,3)13(9-11)18-14(19)17-10-12-5-4-8-20-12/h4-5,8,11,13H,6-7,9-10H2,1-3H3,(H2,17,18,19)/t11-,13-,16-/m0/s1. The number of amides is 2. The highest BCUT2D eigenvalue weighted by Gasteiger charge is 2.61. The number of carbonyl (C=O) groups excluding carboxylic acids is 1. The first kappa shape index (κ1) is 13.5. The zero-order valence-corrected chi connectivity index (χ0v) is 12.5. The quantitative estimate of drug-likeness (QED) is 0.890. The van der Waals surface area contributed by atoms with Crippen molar-refractivity contribution in [1.82, 2.24) is 10.6 Å². The van der Waals surface area contributed by atoms with E-state index in [2.05, 4.69) is 31.4 Å². The van der Waals surface area contributed by atoms with Gasteiger partial charge < -0.3 is 15.1 Å². The average Bonchev–Trinajstić information content (AvgIpc) is 3.02. The maximum Gasteiger partial charge on any atom is 0.315 e. The molecule has 2 aliphatic rings. The Labute approximate surface area is 120 Å². The fraction of sp³-hybridized carbons (Fsp3) is 0.688. The molecule has 2 amide bonds. The maximum atomic E-state index is 12.1. The lowest BCUT2D eigenvalue weighted by molar-refractivity contribution is 0.123. The van der Waals surface area contributed by atoms with Crippen molar-refractivity contribution >= 4 is 6.03 Å². The highest BCUT2D eigenvalue weighted by atomic mass is 16.3. The van der Waals surface area contributed by atoms with Crippen LogP contribution in [-0.4, -0.2) is 12.1 Å². The molecule has 0 spiro atoms. The van der Waals surface area contributed by atoms with Crippen LogP contribution in [0.15, 0.2) is 22.8 Å². The Hall–Kier alpha value is -1.45. The van der Waals surface area contributed by atoms with Crippen molar-refractivity contribution in [3.8, 4) is 0 Å². The van der Waals surface area contributed by atoms with E-state index in [0.29, 0.717) is 12.0 Å². The molecule has 0 aromatic carbocycles. The summed E-state index contributed by atoms with van der Waals surface area (Å²) < 4.78 is 5.21. The summed E-state index contributed by atoms with van der Waals surface area (Å²) in [6, 6.07) is 3.89. The van der Waals surface area contributed by atoms with Crippen LogP contribution in [0, 0.1) is 16.7 Å². The van der Waals surface area contributed by atoms with Gasteiger partial charge in [-0.25, -0.2) is 4.79 Å². The van der Waals surface area contributed by atoms with Gasteiger partial charge in [-0.1, -0.05) is 20.8 Å². The van der Waals surface area contributed by atoms with E-state index in [0.717, 1.165) is 18.1 Å². The third kappa shape index (κ3) is 1.93. The molecule has 0 aliphatic heterocycles. The Morgan fingerprint density at radius 3 is 2.80 bits per heavy atom. The lowest BCUT2D eigenvalue weighted by Gasteiger charge is -2.39. The summed E-state index contributed by atoms with van der Waals surface area (Å²) >= 11 is 0. The molecule has 4 nitrogen and oxygen atoms in total. The summed E-state index contributed by atoms with van der Waals surface area (Å²) in [4.78, 5) is 12.1. The normalized spacial score (nSPS) is 34.1. The second kappa shape index (κ2) is 4.54. The second-order valence-electron chi connectivity index (χ2n) is 7.07. The molecule has 3 rings (SSSR count). The van der Waals surface area contributed by atoms with E-state index >= 15 is 0 Å². The Bertz CT molecular complexity index is 495. The molecule has 110 valence electrons.